The minimum atomic E-state index is 0.0280. The number of hydrogen-bond donors (Lipinski definition) is 1. The molecule has 0 unspecified atom stereocenters. The molecule has 0 atom stereocenters. The van der Waals surface area contributed by atoms with Crippen molar-refractivity contribution < 1.29 is 4.79 Å². The number of likely N-dealkylation sites (N-methyl/N-ethyl adjacent to an activating group) is 1. The van der Waals surface area contributed by atoms with Crippen LogP contribution in [0.4, 0.5) is 0 Å². The lowest BCUT2D eigenvalue weighted by Gasteiger charge is -2.17. The van der Waals surface area contributed by atoms with Crippen molar-refractivity contribution in [3.05, 3.63) is 34.3 Å². The van der Waals surface area contributed by atoms with Gasteiger partial charge in [-0.2, -0.15) is 0 Å². The summed E-state index contributed by atoms with van der Waals surface area (Å²) in [5.41, 5.74) is 1.09. The number of amides is 1. The Kier molecular flexibility index (Phi) is 5.75. The lowest BCUT2D eigenvalue weighted by Crippen LogP contribution is -2.35. The van der Waals surface area contributed by atoms with Crippen LogP contribution in [0.5, 0.6) is 0 Å². The van der Waals surface area contributed by atoms with Crippen molar-refractivity contribution in [2.24, 2.45) is 0 Å². The standard InChI is InChI=1S/C13H15BrN2O/c1-3-7-15-9-13(17)16(2)10-11-5-4-6-12(14)8-11/h1,4-6,8,15H,7,9-10H2,2H3. The number of benzene rings is 1. The highest BCUT2D eigenvalue weighted by Crippen LogP contribution is 2.12. The summed E-state index contributed by atoms with van der Waals surface area (Å²) >= 11 is 3.40. The van der Waals surface area contributed by atoms with Crippen LogP contribution < -0.4 is 5.32 Å². The first-order valence-corrected chi connectivity index (χ1v) is 6.05. The highest BCUT2D eigenvalue weighted by Gasteiger charge is 2.08. The molecule has 0 saturated carbocycles. The van der Waals surface area contributed by atoms with Gasteiger partial charge in [-0.25, -0.2) is 0 Å². The van der Waals surface area contributed by atoms with Gasteiger partial charge in [0.15, 0.2) is 0 Å². The highest BCUT2D eigenvalue weighted by molar-refractivity contribution is 9.10. The molecule has 0 aliphatic heterocycles. The number of nitrogens with zero attached hydrogens (tertiary/aromatic N) is 1. The van der Waals surface area contributed by atoms with Crippen molar-refractivity contribution in [3.63, 3.8) is 0 Å². The predicted molar refractivity (Wildman–Crippen MR) is 72.3 cm³/mol. The van der Waals surface area contributed by atoms with E-state index in [2.05, 4.69) is 27.2 Å². The summed E-state index contributed by atoms with van der Waals surface area (Å²) in [6.45, 7) is 1.28. The molecule has 17 heavy (non-hydrogen) atoms. The largest absolute Gasteiger partial charge is 0.340 e. The number of hydrogen-bond acceptors (Lipinski definition) is 2. The molecule has 0 spiro atoms. The van der Waals surface area contributed by atoms with E-state index in [9.17, 15) is 4.79 Å². The fourth-order valence-electron chi connectivity index (χ4n) is 1.37. The summed E-state index contributed by atoms with van der Waals surface area (Å²) in [4.78, 5) is 13.4. The molecule has 1 amide bonds. The summed E-state index contributed by atoms with van der Waals surface area (Å²) in [6, 6.07) is 7.90. The molecule has 1 aromatic carbocycles. The van der Waals surface area contributed by atoms with E-state index in [0.717, 1.165) is 10.0 Å². The Labute approximate surface area is 110 Å². The summed E-state index contributed by atoms with van der Waals surface area (Å²) in [6.07, 6.45) is 5.09. The molecule has 0 bridgehead atoms. The molecule has 90 valence electrons. The molecule has 0 aliphatic rings. The molecule has 0 fully saturated rings. The van der Waals surface area contributed by atoms with Gasteiger partial charge >= 0.3 is 0 Å². The number of carbonyl (C=O) groups is 1. The third-order valence-corrected chi connectivity index (χ3v) is 2.73. The number of rotatable bonds is 5. The van der Waals surface area contributed by atoms with E-state index >= 15 is 0 Å². The average molecular weight is 295 g/mol. The smallest absolute Gasteiger partial charge is 0.236 e. The van der Waals surface area contributed by atoms with Gasteiger partial charge in [0.05, 0.1) is 13.1 Å². The molecule has 1 aromatic rings. The zero-order chi connectivity index (χ0) is 12.7. The Hall–Kier alpha value is -1.31. The fourth-order valence-corrected chi connectivity index (χ4v) is 1.82. The second kappa shape index (κ2) is 7.10. The minimum Gasteiger partial charge on any atom is -0.340 e. The van der Waals surface area contributed by atoms with Crippen molar-refractivity contribution in [2.75, 3.05) is 20.1 Å². The normalized spacial score (nSPS) is 9.71. The van der Waals surface area contributed by atoms with Crippen LogP contribution in [0.15, 0.2) is 28.7 Å². The molecule has 3 nitrogen and oxygen atoms in total. The monoisotopic (exact) mass is 294 g/mol. The maximum absolute atomic E-state index is 11.7. The molecule has 1 N–H and O–H groups in total. The molecular formula is C13H15BrN2O. The first-order valence-electron chi connectivity index (χ1n) is 5.26. The van der Waals surface area contributed by atoms with E-state index in [0.29, 0.717) is 13.1 Å². The van der Waals surface area contributed by atoms with E-state index in [-0.39, 0.29) is 12.5 Å². The summed E-state index contributed by atoms with van der Waals surface area (Å²) < 4.78 is 1.02. The van der Waals surface area contributed by atoms with Gasteiger partial charge in [-0.1, -0.05) is 34.0 Å². The first kappa shape index (κ1) is 13.8. The Morgan fingerprint density at radius 2 is 2.35 bits per heavy atom. The average Bonchev–Trinajstić information content (AvgIpc) is 2.29. The van der Waals surface area contributed by atoms with E-state index in [4.69, 9.17) is 6.42 Å². The number of halogens is 1. The zero-order valence-electron chi connectivity index (χ0n) is 9.74. The second-order valence-corrected chi connectivity index (χ2v) is 4.60. The molecule has 0 aliphatic carbocycles. The third kappa shape index (κ3) is 5.03. The van der Waals surface area contributed by atoms with Gasteiger partial charge in [0.2, 0.25) is 5.91 Å². The van der Waals surface area contributed by atoms with Crippen LogP contribution in [-0.2, 0) is 11.3 Å². The van der Waals surface area contributed by atoms with Gasteiger partial charge < -0.3 is 4.90 Å². The van der Waals surface area contributed by atoms with Crippen molar-refractivity contribution in [1.82, 2.24) is 10.2 Å². The van der Waals surface area contributed by atoms with Crippen LogP contribution in [0.2, 0.25) is 0 Å². The topological polar surface area (TPSA) is 32.3 Å². The molecule has 1 rings (SSSR count). The van der Waals surface area contributed by atoms with Crippen molar-refractivity contribution in [3.8, 4) is 12.3 Å². The summed E-state index contributed by atoms with van der Waals surface area (Å²) in [5, 5.41) is 2.88. The molecule has 0 saturated heterocycles. The number of nitrogens with one attached hydrogen (secondary N) is 1. The lowest BCUT2D eigenvalue weighted by atomic mass is 10.2. The van der Waals surface area contributed by atoms with Gasteiger partial charge in [-0.3, -0.25) is 10.1 Å². The third-order valence-electron chi connectivity index (χ3n) is 2.24. The quantitative estimate of drug-likeness (QED) is 0.661. The summed E-state index contributed by atoms with van der Waals surface area (Å²) in [7, 11) is 1.78. The van der Waals surface area contributed by atoms with E-state index < -0.39 is 0 Å². The Morgan fingerprint density at radius 1 is 1.59 bits per heavy atom. The number of carbonyl (C=O) groups excluding carboxylic acids is 1. The zero-order valence-corrected chi connectivity index (χ0v) is 11.3. The van der Waals surface area contributed by atoms with Gasteiger partial charge in [0, 0.05) is 18.1 Å². The van der Waals surface area contributed by atoms with Gasteiger partial charge in [0.25, 0.3) is 0 Å². The Balaban J connectivity index is 2.46. The molecule has 0 aromatic heterocycles. The first-order chi connectivity index (χ1) is 8.13. The van der Waals surface area contributed by atoms with Crippen LogP contribution in [0.1, 0.15) is 5.56 Å². The van der Waals surface area contributed by atoms with Gasteiger partial charge in [-0.15, -0.1) is 6.42 Å². The van der Waals surface area contributed by atoms with Crippen LogP contribution in [0.3, 0.4) is 0 Å². The predicted octanol–water partition coefficient (Wildman–Crippen LogP) is 1.63. The van der Waals surface area contributed by atoms with Crippen LogP contribution >= 0.6 is 15.9 Å². The highest BCUT2D eigenvalue weighted by atomic mass is 79.9. The van der Waals surface area contributed by atoms with Crippen LogP contribution in [-0.4, -0.2) is 30.9 Å². The van der Waals surface area contributed by atoms with Crippen LogP contribution in [0, 0.1) is 12.3 Å². The van der Waals surface area contributed by atoms with Gasteiger partial charge in [0.1, 0.15) is 0 Å². The van der Waals surface area contributed by atoms with Gasteiger partial charge in [-0.05, 0) is 17.7 Å². The Bertz CT molecular complexity index is 426. The van der Waals surface area contributed by atoms with Crippen molar-refractivity contribution >= 4 is 21.8 Å². The minimum absolute atomic E-state index is 0.0280. The van der Waals surface area contributed by atoms with E-state index in [1.54, 1.807) is 11.9 Å². The van der Waals surface area contributed by atoms with Crippen LogP contribution in [0.25, 0.3) is 0 Å². The van der Waals surface area contributed by atoms with Crippen molar-refractivity contribution in [2.45, 2.75) is 6.54 Å². The second-order valence-electron chi connectivity index (χ2n) is 3.69. The Morgan fingerprint density at radius 3 is 3.00 bits per heavy atom. The molecule has 4 heteroatoms. The van der Waals surface area contributed by atoms with E-state index in [1.807, 2.05) is 24.3 Å². The molecular weight excluding hydrogens is 280 g/mol. The SMILES string of the molecule is C#CCNCC(=O)N(C)Cc1cccc(Br)c1. The lowest BCUT2D eigenvalue weighted by molar-refractivity contribution is -0.129. The van der Waals surface area contributed by atoms with E-state index in [1.165, 1.54) is 0 Å². The molecule has 0 heterocycles. The van der Waals surface area contributed by atoms with Crippen molar-refractivity contribution in [1.29, 1.82) is 0 Å². The number of terminal acetylenes is 1. The maximum atomic E-state index is 11.7. The molecule has 0 radical (unpaired) electrons. The summed E-state index contributed by atoms with van der Waals surface area (Å²) in [5.74, 6) is 2.46. The maximum Gasteiger partial charge on any atom is 0.236 e. The fraction of sp³-hybridized carbons (Fsp3) is 0.308.